The summed E-state index contributed by atoms with van der Waals surface area (Å²) in [6.07, 6.45) is 2.39. The molecule has 28 heavy (non-hydrogen) atoms. The average Bonchev–Trinajstić information content (AvgIpc) is 3.07. The summed E-state index contributed by atoms with van der Waals surface area (Å²) in [5, 5.41) is 15.9. The third kappa shape index (κ3) is 4.37. The van der Waals surface area contributed by atoms with Gasteiger partial charge in [-0.2, -0.15) is 10.4 Å². The number of nitrogens with two attached hydrogens (primary N) is 1. The normalized spacial score (nSPS) is 10.8. The molecular weight excluding hydrogens is 366 g/mol. The van der Waals surface area contributed by atoms with Gasteiger partial charge in [-0.25, -0.2) is 23.7 Å². The fourth-order valence-corrected chi connectivity index (χ4v) is 2.60. The lowest BCUT2D eigenvalue weighted by molar-refractivity contribution is 0.122. The summed E-state index contributed by atoms with van der Waals surface area (Å²) < 4.78 is 26.9. The number of aryl methyl sites for hydroxylation is 1. The number of rotatable bonds is 7. The van der Waals surface area contributed by atoms with Gasteiger partial charge in [0.15, 0.2) is 0 Å². The molecule has 3 rings (SSSR count). The third-order valence-corrected chi connectivity index (χ3v) is 3.93. The fraction of sp³-hybridized carbons (Fsp3) is 0.278. The first-order valence-electron chi connectivity index (χ1n) is 8.50. The maximum absolute atomic E-state index is 12.9. The van der Waals surface area contributed by atoms with Crippen LogP contribution in [0.5, 0.6) is 0 Å². The van der Waals surface area contributed by atoms with Crippen molar-refractivity contribution in [2.45, 2.75) is 26.3 Å². The Kier molecular flexibility index (Phi) is 5.74. The van der Waals surface area contributed by atoms with Gasteiger partial charge in [0.1, 0.15) is 18.1 Å². The average molecular weight is 384 g/mol. The van der Waals surface area contributed by atoms with Crippen molar-refractivity contribution in [2.75, 3.05) is 17.6 Å². The molecule has 0 aromatic carbocycles. The minimum Gasteiger partial charge on any atom is -0.383 e. The molecule has 3 aromatic rings. The van der Waals surface area contributed by atoms with E-state index in [9.17, 15) is 8.78 Å². The SMILES string of the molecule is Cc1cc(-c2nn(CC(F)F)cc2-c2ccnc(NCCC#N)n2)cnc1N. The van der Waals surface area contributed by atoms with Crippen molar-refractivity contribution in [3.05, 3.63) is 36.3 Å². The number of aromatic nitrogens is 5. The molecule has 3 aromatic heterocycles. The number of hydrogen-bond acceptors (Lipinski definition) is 7. The van der Waals surface area contributed by atoms with Crippen LogP contribution in [-0.4, -0.2) is 37.7 Å². The first-order chi connectivity index (χ1) is 13.5. The summed E-state index contributed by atoms with van der Waals surface area (Å²) in [5.41, 5.74) is 8.73. The molecule has 3 N–H and O–H groups in total. The number of hydrogen-bond donors (Lipinski definition) is 2. The first-order valence-corrected chi connectivity index (χ1v) is 8.50. The van der Waals surface area contributed by atoms with E-state index < -0.39 is 13.0 Å². The molecule has 0 spiro atoms. The van der Waals surface area contributed by atoms with E-state index in [1.165, 1.54) is 10.9 Å². The van der Waals surface area contributed by atoms with Crippen LogP contribution in [0.3, 0.4) is 0 Å². The number of nitrogens with zero attached hydrogens (tertiary/aromatic N) is 6. The molecule has 0 bridgehead atoms. The van der Waals surface area contributed by atoms with Crippen LogP contribution in [0.2, 0.25) is 0 Å². The molecule has 0 saturated carbocycles. The highest BCUT2D eigenvalue weighted by Gasteiger charge is 2.17. The quantitative estimate of drug-likeness (QED) is 0.601. The molecule has 10 heteroatoms. The van der Waals surface area contributed by atoms with E-state index in [-0.39, 0.29) is 0 Å². The Labute approximate surface area is 160 Å². The van der Waals surface area contributed by atoms with E-state index >= 15 is 0 Å². The summed E-state index contributed by atoms with van der Waals surface area (Å²) in [5.74, 6) is 0.732. The molecule has 3 heterocycles. The van der Waals surface area contributed by atoms with Crippen LogP contribution in [0.15, 0.2) is 30.7 Å². The maximum Gasteiger partial charge on any atom is 0.257 e. The van der Waals surface area contributed by atoms with Crippen molar-refractivity contribution in [3.8, 4) is 28.6 Å². The number of halogens is 2. The van der Waals surface area contributed by atoms with Crippen LogP contribution in [0.25, 0.3) is 22.5 Å². The Morgan fingerprint density at radius 3 is 2.89 bits per heavy atom. The van der Waals surface area contributed by atoms with E-state index in [0.29, 0.717) is 47.2 Å². The van der Waals surface area contributed by atoms with Crippen LogP contribution >= 0.6 is 0 Å². The van der Waals surface area contributed by atoms with Crippen LogP contribution in [0.4, 0.5) is 20.5 Å². The molecule has 144 valence electrons. The van der Waals surface area contributed by atoms with Crippen LogP contribution in [0, 0.1) is 18.3 Å². The molecule has 0 fully saturated rings. The fourth-order valence-electron chi connectivity index (χ4n) is 2.60. The van der Waals surface area contributed by atoms with Crippen molar-refractivity contribution in [3.63, 3.8) is 0 Å². The lowest BCUT2D eigenvalue weighted by atomic mass is 10.1. The number of nitrogens with one attached hydrogen (secondary N) is 1. The predicted octanol–water partition coefficient (Wildman–Crippen LogP) is 2.88. The second kappa shape index (κ2) is 8.39. The van der Waals surface area contributed by atoms with Gasteiger partial charge in [-0.15, -0.1) is 0 Å². The van der Waals surface area contributed by atoms with Crippen molar-refractivity contribution < 1.29 is 8.78 Å². The second-order valence-electron chi connectivity index (χ2n) is 6.03. The second-order valence-corrected chi connectivity index (χ2v) is 6.03. The molecule has 0 saturated heterocycles. The minimum absolute atomic E-state index is 0.307. The highest BCUT2D eigenvalue weighted by atomic mass is 19.3. The van der Waals surface area contributed by atoms with Gasteiger partial charge < -0.3 is 11.1 Å². The molecule has 0 amide bonds. The van der Waals surface area contributed by atoms with E-state index in [0.717, 1.165) is 5.56 Å². The number of nitrogen functional groups attached to an aromatic ring is 1. The standard InChI is InChI=1S/C18H18F2N8/c1-11-7-12(8-25-17(11)22)16-13(9-28(27-16)10-15(19)20)14-3-6-24-18(26-14)23-5-2-4-21/h3,6-9,15H,2,5,10H2,1H3,(H2,22,25)(H,23,24,26). The van der Waals surface area contributed by atoms with Gasteiger partial charge in [0.2, 0.25) is 5.95 Å². The molecule has 0 atom stereocenters. The Morgan fingerprint density at radius 1 is 1.36 bits per heavy atom. The lowest BCUT2D eigenvalue weighted by Gasteiger charge is -2.06. The van der Waals surface area contributed by atoms with Crippen LogP contribution < -0.4 is 11.1 Å². The molecule has 0 radical (unpaired) electrons. The Balaban J connectivity index is 2.04. The highest BCUT2D eigenvalue weighted by molar-refractivity contribution is 5.79. The molecule has 8 nitrogen and oxygen atoms in total. The first kappa shape index (κ1) is 19.2. The Hall–Kier alpha value is -3.61. The summed E-state index contributed by atoms with van der Waals surface area (Å²) in [7, 11) is 0. The monoisotopic (exact) mass is 384 g/mol. The zero-order valence-electron chi connectivity index (χ0n) is 15.1. The zero-order chi connectivity index (χ0) is 20.1. The van der Waals surface area contributed by atoms with Gasteiger partial charge in [-0.1, -0.05) is 0 Å². The molecule has 0 aliphatic carbocycles. The van der Waals surface area contributed by atoms with Gasteiger partial charge in [0.25, 0.3) is 6.43 Å². The number of pyridine rings is 1. The Bertz CT molecular complexity index is 1010. The highest BCUT2D eigenvalue weighted by Crippen LogP contribution is 2.31. The summed E-state index contributed by atoms with van der Waals surface area (Å²) >= 11 is 0. The number of nitriles is 1. The van der Waals surface area contributed by atoms with Gasteiger partial charge in [-0.3, -0.25) is 4.68 Å². The van der Waals surface area contributed by atoms with Crippen molar-refractivity contribution >= 4 is 11.8 Å². The van der Waals surface area contributed by atoms with Crippen molar-refractivity contribution in [1.82, 2.24) is 24.7 Å². The van der Waals surface area contributed by atoms with Gasteiger partial charge in [0, 0.05) is 36.3 Å². The van der Waals surface area contributed by atoms with E-state index in [2.05, 4.69) is 25.4 Å². The smallest absolute Gasteiger partial charge is 0.257 e. The predicted molar refractivity (Wildman–Crippen MR) is 100 cm³/mol. The largest absolute Gasteiger partial charge is 0.383 e. The van der Waals surface area contributed by atoms with Gasteiger partial charge in [-0.05, 0) is 24.6 Å². The topological polar surface area (TPSA) is 118 Å². The lowest BCUT2D eigenvalue weighted by Crippen LogP contribution is -2.06. The minimum atomic E-state index is -2.54. The Morgan fingerprint density at radius 2 is 2.18 bits per heavy atom. The molecule has 0 aliphatic heterocycles. The van der Waals surface area contributed by atoms with Gasteiger partial charge >= 0.3 is 0 Å². The summed E-state index contributed by atoms with van der Waals surface area (Å²) in [4.78, 5) is 12.7. The maximum atomic E-state index is 12.9. The van der Waals surface area contributed by atoms with Crippen LogP contribution in [-0.2, 0) is 6.54 Å². The van der Waals surface area contributed by atoms with Crippen molar-refractivity contribution in [2.24, 2.45) is 0 Å². The number of alkyl halides is 2. The zero-order valence-corrected chi connectivity index (χ0v) is 15.1. The molecule has 0 unspecified atom stereocenters. The summed E-state index contributed by atoms with van der Waals surface area (Å²) in [6.45, 7) is 1.68. The van der Waals surface area contributed by atoms with Crippen LogP contribution in [0.1, 0.15) is 12.0 Å². The number of anilines is 2. The van der Waals surface area contributed by atoms with Gasteiger partial charge in [0.05, 0.1) is 18.2 Å². The van der Waals surface area contributed by atoms with E-state index in [4.69, 9.17) is 11.0 Å². The molecule has 0 aliphatic rings. The van der Waals surface area contributed by atoms with Crippen molar-refractivity contribution in [1.29, 1.82) is 5.26 Å². The third-order valence-electron chi connectivity index (χ3n) is 3.93. The van der Waals surface area contributed by atoms with E-state index in [1.54, 1.807) is 24.5 Å². The van der Waals surface area contributed by atoms with E-state index in [1.807, 2.05) is 13.0 Å². The molecular formula is C18H18F2N8. The summed E-state index contributed by atoms with van der Waals surface area (Å²) in [6, 6.07) is 5.49.